The molecule has 2 amide bonds. The highest BCUT2D eigenvalue weighted by molar-refractivity contribution is 6.30. The van der Waals surface area contributed by atoms with Crippen LogP contribution in [0, 0.1) is 0 Å². The van der Waals surface area contributed by atoms with Gasteiger partial charge in [0.15, 0.2) is 0 Å². The van der Waals surface area contributed by atoms with Crippen molar-refractivity contribution in [2.75, 3.05) is 18.8 Å². The summed E-state index contributed by atoms with van der Waals surface area (Å²) in [6.07, 6.45) is -0.171. The zero-order valence-corrected chi connectivity index (χ0v) is 18.2. The fourth-order valence-corrected chi connectivity index (χ4v) is 2.59. The molecule has 0 radical (unpaired) electrons. The predicted octanol–water partition coefficient (Wildman–Crippen LogP) is 4.25. The number of hydrogen-bond donors (Lipinski definition) is 2. The maximum atomic E-state index is 11.4. The van der Waals surface area contributed by atoms with Crippen LogP contribution >= 0.6 is 11.6 Å². The van der Waals surface area contributed by atoms with Crippen LogP contribution in [-0.2, 0) is 16.2 Å². The number of anilines is 1. The first-order chi connectivity index (χ1) is 15.3. The minimum Gasteiger partial charge on any atom is -0.472 e. The van der Waals surface area contributed by atoms with E-state index in [1.165, 1.54) is 7.11 Å². The van der Waals surface area contributed by atoms with Gasteiger partial charge >= 0.3 is 12.2 Å². The van der Waals surface area contributed by atoms with Crippen molar-refractivity contribution < 1.29 is 29.0 Å². The average Bonchev–Trinajstić information content (AvgIpc) is 3.26. The number of ether oxygens (including phenoxy) is 2. The molecule has 0 saturated carbocycles. The van der Waals surface area contributed by atoms with Gasteiger partial charge in [0, 0.05) is 22.8 Å². The Labute approximate surface area is 189 Å². The Bertz CT molecular complexity index is 1030. The van der Waals surface area contributed by atoms with Gasteiger partial charge in [-0.3, -0.25) is 4.84 Å². The first kappa shape index (κ1) is 24.5. The number of carbonyl (C=O) groups is 2. The van der Waals surface area contributed by atoms with Gasteiger partial charge in [-0.15, -0.1) is 5.10 Å². The number of nitrogens with two attached hydrogens (primary N) is 1. The van der Waals surface area contributed by atoms with Crippen LogP contribution in [0.2, 0.25) is 5.02 Å². The molecule has 0 bridgehead atoms. The highest BCUT2D eigenvalue weighted by atomic mass is 35.5. The van der Waals surface area contributed by atoms with E-state index in [1.807, 2.05) is 12.1 Å². The zero-order chi connectivity index (χ0) is 23.5. The molecule has 0 unspecified atom stereocenters. The average molecular weight is 463 g/mol. The zero-order valence-electron chi connectivity index (χ0n) is 17.5. The molecule has 2 aromatic carbocycles. The van der Waals surface area contributed by atoms with Crippen LogP contribution in [0.15, 0.2) is 60.8 Å². The van der Waals surface area contributed by atoms with Crippen LogP contribution < -0.4 is 15.5 Å². The van der Waals surface area contributed by atoms with Gasteiger partial charge in [0.05, 0.1) is 25.1 Å². The molecule has 0 aliphatic heterocycles. The summed E-state index contributed by atoms with van der Waals surface area (Å²) in [6, 6.07) is 16.0. The molecule has 3 rings (SSSR count). The molecule has 0 aliphatic carbocycles. The maximum Gasteiger partial charge on any atom is 0.436 e. The van der Waals surface area contributed by atoms with Crippen molar-refractivity contribution >= 4 is 29.5 Å². The molecule has 0 aliphatic rings. The summed E-state index contributed by atoms with van der Waals surface area (Å²) in [4.78, 5) is 26.0. The Hall–Kier alpha value is -3.76. The molecule has 10 nitrogen and oxygen atoms in total. The first-order valence-corrected chi connectivity index (χ1v) is 9.75. The van der Waals surface area contributed by atoms with Crippen molar-refractivity contribution in [1.82, 2.24) is 9.78 Å². The van der Waals surface area contributed by atoms with Crippen LogP contribution in [0.3, 0.4) is 0 Å². The van der Waals surface area contributed by atoms with E-state index < -0.39 is 12.2 Å². The monoisotopic (exact) mass is 462 g/mol. The number of nitrogens with zero attached hydrogens (tertiary/aromatic N) is 3. The second-order valence-corrected chi connectivity index (χ2v) is 6.45. The molecule has 1 heterocycles. The topological polar surface area (TPSA) is 129 Å². The van der Waals surface area contributed by atoms with Gasteiger partial charge in [-0.05, 0) is 37.3 Å². The molecular formula is C21H23ClN4O6. The molecule has 0 spiro atoms. The lowest BCUT2D eigenvalue weighted by Crippen LogP contribution is -2.30. The minimum atomic E-state index is -1.20. The summed E-state index contributed by atoms with van der Waals surface area (Å²) in [5, 5.41) is 15.2. The molecule has 0 saturated heterocycles. The van der Waals surface area contributed by atoms with Gasteiger partial charge in [0.1, 0.15) is 6.61 Å². The lowest BCUT2D eigenvalue weighted by atomic mass is 10.2. The standard InChI is InChI=1S/C19H18ClN3O4.C2H5NO2/c1-2-27-23(19(24)25)17-6-4-3-5-14(17)13-26-18-11-12-22(21-18)16-9-7-15(20)8-10-16;1-5-2(3)4/h3-12H,2,13H2,1H3,(H,24,25);1H3,(H2,3,4). The number of methoxy groups -OCH3 is 1. The molecule has 0 atom stereocenters. The number of amides is 2. The molecule has 1 aromatic heterocycles. The smallest absolute Gasteiger partial charge is 0.436 e. The number of carbonyl (C=O) groups excluding carboxylic acids is 1. The molecule has 3 N–H and O–H groups in total. The highest BCUT2D eigenvalue weighted by Gasteiger charge is 2.18. The van der Waals surface area contributed by atoms with Gasteiger partial charge in [-0.25, -0.2) is 14.3 Å². The third-order valence-electron chi connectivity index (χ3n) is 3.87. The molecule has 170 valence electrons. The van der Waals surface area contributed by atoms with E-state index in [0.717, 1.165) is 10.8 Å². The van der Waals surface area contributed by atoms with E-state index in [4.69, 9.17) is 21.2 Å². The van der Waals surface area contributed by atoms with Crippen LogP contribution in [0.1, 0.15) is 12.5 Å². The van der Waals surface area contributed by atoms with Crippen molar-refractivity contribution in [2.45, 2.75) is 13.5 Å². The van der Waals surface area contributed by atoms with Crippen molar-refractivity contribution in [3.8, 4) is 11.6 Å². The number of benzene rings is 2. The fraction of sp³-hybridized carbons (Fsp3) is 0.190. The quantitative estimate of drug-likeness (QED) is 0.502. The van der Waals surface area contributed by atoms with Gasteiger partial charge in [0.25, 0.3) is 0 Å². The van der Waals surface area contributed by atoms with E-state index >= 15 is 0 Å². The number of aromatic nitrogens is 2. The Morgan fingerprint density at radius 1 is 1.16 bits per heavy atom. The minimum absolute atomic E-state index is 0.144. The summed E-state index contributed by atoms with van der Waals surface area (Å²) >= 11 is 5.90. The summed E-state index contributed by atoms with van der Waals surface area (Å²) in [6.45, 7) is 2.09. The van der Waals surface area contributed by atoms with Crippen molar-refractivity contribution in [3.63, 3.8) is 0 Å². The Kier molecular flexibility index (Phi) is 9.33. The summed E-state index contributed by atoms with van der Waals surface area (Å²) in [5.41, 5.74) is 6.35. The van der Waals surface area contributed by atoms with E-state index in [0.29, 0.717) is 22.2 Å². The molecular weight excluding hydrogens is 440 g/mol. The third-order valence-corrected chi connectivity index (χ3v) is 4.13. The first-order valence-electron chi connectivity index (χ1n) is 9.37. The summed E-state index contributed by atoms with van der Waals surface area (Å²) in [5.74, 6) is 0.415. The van der Waals surface area contributed by atoms with Gasteiger partial charge in [-0.1, -0.05) is 29.8 Å². The Morgan fingerprint density at radius 2 is 1.81 bits per heavy atom. The third kappa shape index (κ3) is 7.18. The lowest BCUT2D eigenvalue weighted by Gasteiger charge is -2.20. The highest BCUT2D eigenvalue weighted by Crippen LogP contribution is 2.23. The van der Waals surface area contributed by atoms with E-state index in [9.17, 15) is 14.7 Å². The fourth-order valence-electron chi connectivity index (χ4n) is 2.46. The van der Waals surface area contributed by atoms with Gasteiger partial charge < -0.3 is 20.3 Å². The van der Waals surface area contributed by atoms with Crippen molar-refractivity contribution in [1.29, 1.82) is 0 Å². The maximum absolute atomic E-state index is 11.4. The Morgan fingerprint density at radius 3 is 2.41 bits per heavy atom. The van der Waals surface area contributed by atoms with Crippen molar-refractivity contribution in [2.24, 2.45) is 5.73 Å². The van der Waals surface area contributed by atoms with E-state index in [1.54, 1.807) is 60.3 Å². The van der Waals surface area contributed by atoms with Crippen LogP contribution in [0.4, 0.5) is 15.3 Å². The Balaban J connectivity index is 0.000000654. The molecule has 3 aromatic rings. The molecule has 11 heteroatoms. The number of rotatable bonds is 7. The number of primary amides is 1. The normalized spacial score (nSPS) is 9.97. The largest absolute Gasteiger partial charge is 0.472 e. The van der Waals surface area contributed by atoms with E-state index in [2.05, 4.69) is 15.6 Å². The summed E-state index contributed by atoms with van der Waals surface area (Å²) < 4.78 is 11.3. The summed E-state index contributed by atoms with van der Waals surface area (Å²) in [7, 11) is 1.22. The van der Waals surface area contributed by atoms with Gasteiger partial charge in [0.2, 0.25) is 5.88 Å². The second kappa shape index (κ2) is 12.2. The number of hydrogen-bond acceptors (Lipinski definition) is 6. The molecule has 0 fully saturated rings. The van der Waals surface area contributed by atoms with Crippen LogP contribution in [-0.4, -0.2) is 40.8 Å². The number of carboxylic acid groups (broad SMARTS) is 1. The second-order valence-electron chi connectivity index (χ2n) is 6.01. The lowest BCUT2D eigenvalue weighted by molar-refractivity contribution is 0.102. The van der Waals surface area contributed by atoms with Crippen LogP contribution in [0.25, 0.3) is 5.69 Å². The van der Waals surface area contributed by atoms with E-state index in [-0.39, 0.29) is 13.2 Å². The van der Waals surface area contributed by atoms with Gasteiger partial charge in [-0.2, -0.15) is 5.06 Å². The van der Waals surface area contributed by atoms with Crippen molar-refractivity contribution in [3.05, 3.63) is 71.4 Å². The number of halogens is 1. The SMILES string of the molecule is CCON(C(=O)O)c1ccccc1COc1ccn(-c2ccc(Cl)cc2)n1.COC(N)=O. The molecule has 32 heavy (non-hydrogen) atoms. The number of hydroxylamine groups is 1. The number of para-hydroxylation sites is 1. The predicted molar refractivity (Wildman–Crippen MR) is 118 cm³/mol. The van der Waals surface area contributed by atoms with Crippen LogP contribution in [0.5, 0.6) is 5.88 Å².